The number of rotatable bonds is 6. The molecule has 38 heavy (non-hydrogen) atoms. The van der Waals surface area contributed by atoms with E-state index in [1.54, 1.807) is 0 Å². The summed E-state index contributed by atoms with van der Waals surface area (Å²) < 4.78 is 2.48. The summed E-state index contributed by atoms with van der Waals surface area (Å²) in [6.45, 7) is 5.92. The van der Waals surface area contributed by atoms with Gasteiger partial charge < -0.3 is 10.8 Å². The highest BCUT2D eigenvalue weighted by atomic mass is 79.9. The quantitative estimate of drug-likeness (QED) is 0.0898. The third-order valence-electron chi connectivity index (χ3n) is 6.11. The van der Waals surface area contributed by atoms with Crippen LogP contribution in [0.5, 0.6) is 0 Å². The van der Waals surface area contributed by atoms with Gasteiger partial charge >= 0.3 is 0 Å². The van der Waals surface area contributed by atoms with E-state index in [0.29, 0.717) is 9.80 Å². The van der Waals surface area contributed by atoms with Crippen LogP contribution in [0.25, 0.3) is 22.4 Å². The minimum atomic E-state index is 0.532. The SMILES string of the molecule is CC(=NN=c1sc(N=Nc2ccc(Br)cc2)c(C)n1N)c1c(C)[nH]c(-c2ccccc2)c1-c1ccccc1. The fourth-order valence-electron chi connectivity index (χ4n) is 4.19. The number of nitrogen functional groups attached to an aromatic ring is 1. The number of aryl methyl sites for hydroxylation is 1. The van der Waals surface area contributed by atoms with Crippen LogP contribution < -0.4 is 10.6 Å². The van der Waals surface area contributed by atoms with E-state index >= 15 is 0 Å². The Morgan fingerprint density at radius 1 is 0.868 bits per heavy atom. The first-order valence-corrected chi connectivity index (χ1v) is 13.6. The highest BCUT2D eigenvalue weighted by molar-refractivity contribution is 9.10. The molecule has 5 aromatic rings. The van der Waals surface area contributed by atoms with Gasteiger partial charge in [0.2, 0.25) is 4.80 Å². The fraction of sp³-hybridized carbons (Fsp3) is 0.103. The Labute approximate surface area is 233 Å². The molecule has 190 valence electrons. The molecule has 7 nitrogen and oxygen atoms in total. The Morgan fingerprint density at radius 3 is 2.16 bits per heavy atom. The van der Waals surface area contributed by atoms with E-state index in [1.807, 2.05) is 74.5 Å². The molecule has 0 saturated heterocycles. The molecule has 5 rings (SSSR count). The van der Waals surface area contributed by atoms with Gasteiger partial charge in [-0.3, -0.25) is 0 Å². The maximum absolute atomic E-state index is 6.30. The summed E-state index contributed by atoms with van der Waals surface area (Å²) in [6, 6.07) is 28.3. The van der Waals surface area contributed by atoms with E-state index in [0.717, 1.165) is 55.2 Å². The lowest BCUT2D eigenvalue weighted by Gasteiger charge is -2.08. The van der Waals surface area contributed by atoms with Gasteiger partial charge in [-0.25, -0.2) is 4.68 Å². The van der Waals surface area contributed by atoms with Gasteiger partial charge in [-0.1, -0.05) is 87.9 Å². The molecule has 0 aliphatic carbocycles. The molecule has 0 radical (unpaired) electrons. The van der Waals surface area contributed by atoms with Gasteiger partial charge in [0.1, 0.15) is 0 Å². The number of nitrogens with zero attached hydrogens (tertiary/aromatic N) is 5. The fourth-order valence-corrected chi connectivity index (χ4v) is 5.27. The second-order valence-corrected chi connectivity index (χ2v) is 10.6. The Kier molecular flexibility index (Phi) is 7.48. The standard InChI is InChI=1S/C29H26BrN7S/c1-18-25(26(21-10-6-4-7-11-21)27(32-18)22-12-8-5-9-13-22)19(2)33-36-29-37(31)20(3)28(38-29)35-34-24-16-14-23(30)15-17-24/h4-17,32H,31H2,1-3H3. The smallest absolute Gasteiger partial charge is 0.231 e. The zero-order valence-corrected chi connectivity index (χ0v) is 23.6. The van der Waals surface area contributed by atoms with Crippen molar-refractivity contribution >= 4 is 43.7 Å². The summed E-state index contributed by atoms with van der Waals surface area (Å²) in [6.07, 6.45) is 0. The molecule has 0 saturated carbocycles. The summed E-state index contributed by atoms with van der Waals surface area (Å²) >= 11 is 4.77. The lowest BCUT2D eigenvalue weighted by molar-refractivity contribution is 0.881. The van der Waals surface area contributed by atoms with Crippen LogP contribution in [-0.2, 0) is 0 Å². The van der Waals surface area contributed by atoms with Gasteiger partial charge in [-0.15, -0.1) is 15.3 Å². The molecular formula is C29H26BrN7S. The zero-order chi connectivity index (χ0) is 26.6. The molecule has 2 aromatic heterocycles. The monoisotopic (exact) mass is 583 g/mol. The maximum Gasteiger partial charge on any atom is 0.231 e. The molecule has 0 amide bonds. The minimum absolute atomic E-state index is 0.532. The van der Waals surface area contributed by atoms with Crippen molar-refractivity contribution in [2.45, 2.75) is 20.8 Å². The third kappa shape index (κ3) is 5.29. The molecule has 0 bridgehead atoms. The number of thiazole rings is 1. The van der Waals surface area contributed by atoms with Crippen molar-refractivity contribution in [1.29, 1.82) is 0 Å². The number of hydrogen-bond acceptors (Lipinski definition) is 6. The lowest BCUT2D eigenvalue weighted by atomic mass is 9.95. The summed E-state index contributed by atoms with van der Waals surface area (Å²) in [5, 5.41) is 18.5. The largest absolute Gasteiger partial charge is 0.358 e. The van der Waals surface area contributed by atoms with Gasteiger partial charge in [-0.2, -0.15) is 5.10 Å². The van der Waals surface area contributed by atoms with Crippen LogP contribution in [0.15, 0.2) is 110 Å². The van der Waals surface area contributed by atoms with Crippen LogP contribution >= 0.6 is 27.3 Å². The molecule has 0 aliphatic heterocycles. The first-order valence-electron chi connectivity index (χ1n) is 12.0. The van der Waals surface area contributed by atoms with Crippen LogP contribution in [0.2, 0.25) is 0 Å². The highest BCUT2D eigenvalue weighted by Gasteiger charge is 2.20. The van der Waals surface area contributed by atoms with E-state index < -0.39 is 0 Å². The Balaban J connectivity index is 1.55. The summed E-state index contributed by atoms with van der Waals surface area (Å²) in [5.41, 5.74) is 8.70. The highest BCUT2D eigenvalue weighted by Crippen LogP contribution is 2.37. The number of aromatic amines is 1. The molecule has 0 unspecified atom stereocenters. The third-order valence-corrected chi connectivity index (χ3v) is 7.67. The predicted molar refractivity (Wildman–Crippen MR) is 160 cm³/mol. The van der Waals surface area contributed by atoms with Crippen LogP contribution in [0.4, 0.5) is 10.7 Å². The van der Waals surface area contributed by atoms with E-state index in [9.17, 15) is 0 Å². The van der Waals surface area contributed by atoms with E-state index in [2.05, 4.69) is 72.5 Å². The maximum atomic E-state index is 6.30. The number of H-pyrrole nitrogens is 1. The molecule has 0 aliphatic rings. The Hall–Kier alpha value is -4.08. The van der Waals surface area contributed by atoms with Crippen LogP contribution in [0.3, 0.4) is 0 Å². The number of halogens is 1. The van der Waals surface area contributed by atoms with Crippen LogP contribution in [0.1, 0.15) is 23.9 Å². The van der Waals surface area contributed by atoms with Crippen LogP contribution in [0, 0.1) is 13.8 Å². The normalized spacial score (nSPS) is 12.5. The number of nitrogens with one attached hydrogen (secondary N) is 1. The van der Waals surface area contributed by atoms with Crippen molar-refractivity contribution in [3.8, 4) is 22.4 Å². The first-order chi connectivity index (χ1) is 18.4. The second kappa shape index (κ2) is 11.1. The molecular weight excluding hydrogens is 558 g/mol. The number of aromatic nitrogens is 2. The van der Waals surface area contributed by atoms with Crippen molar-refractivity contribution in [3.63, 3.8) is 0 Å². The number of benzene rings is 3. The van der Waals surface area contributed by atoms with Crippen molar-refractivity contribution in [2.75, 3.05) is 5.84 Å². The van der Waals surface area contributed by atoms with Gasteiger partial charge in [0.15, 0.2) is 5.00 Å². The van der Waals surface area contributed by atoms with E-state index in [4.69, 9.17) is 5.84 Å². The van der Waals surface area contributed by atoms with Crippen molar-refractivity contribution in [1.82, 2.24) is 9.66 Å². The molecule has 0 fully saturated rings. The van der Waals surface area contributed by atoms with E-state index in [-0.39, 0.29) is 0 Å². The van der Waals surface area contributed by atoms with E-state index in [1.165, 1.54) is 16.0 Å². The molecule has 9 heteroatoms. The van der Waals surface area contributed by atoms with Gasteiger partial charge in [0, 0.05) is 21.3 Å². The van der Waals surface area contributed by atoms with Gasteiger partial charge in [0.25, 0.3) is 0 Å². The topological polar surface area (TPSA) is 96.2 Å². The summed E-state index contributed by atoms with van der Waals surface area (Å²) in [4.78, 5) is 4.12. The lowest BCUT2D eigenvalue weighted by Crippen LogP contribution is -2.23. The molecule has 0 atom stereocenters. The Bertz CT molecular complexity index is 1690. The average Bonchev–Trinajstić information content (AvgIpc) is 3.43. The summed E-state index contributed by atoms with van der Waals surface area (Å²) in [5.74, 6) is 6.30. The first kappa shape index (κ1) is 25.6. The Morgan fingerprint density at radius 2 is 1.50 bits per heavy atom. The second-order valence-electron chi connectivity index (χ2n) is 8.71. The predicted octanol–water partition coefficient (Wildman–Crippen LogP) is 8.05. The minimum Gasteiger partial charge on any atom is -0.358 e. The van der Waals surface area contributed by atoms with Crippen LogP contribution in [-0.4, -0.2) is 15.4 Å². The average molecular weight is 585 g/mol. The molecule has 3 aromatic carbocycles. The number of hydrogen-bond donors (Lipinski definition) is 2. The zero-order valence-electron chi connectivity index (χ0n) is 21.2. The van der Waals surface area contributed by atoms with Gasteiger partial charge in [-0.05, 0) is 56.2 Å². The van der Waals surface area contributed by atoms with Gasteiger partial charge in [0.05, 0.1) is 22.8 Å². The summed E-state index contributed by atoms with van der Waals surface area (Å²) in [7, 11) is 0. The molecule has 2 heterocycles. The molecule has 3 N–H and O–H groups in total. The van der Waals surface area contributed by atoms with Crippen molar-refractivity contribution in [2.24, 2.45) is 20.4 Å². The van der Waals surface area contributed by atoms with Crippen molar-refractivity contribution in [3.05, 3.63) is 111 Å². The van der Waals surface area contributed by atoms with Crippen molar-refractivity contribution < 1.29 is 0 Å². The number of nitrogens with two attached hydrogens (primary N) is 1. The number of azo groups is 1. The molecule has 0 spiro atoms.